The van der Waals surface area contributed by atoms with Crippen LogP contribution in [0.15, 0.2) is 50.8 Å². The summed E-state index contributed by atoms with van der Waals surface area (Å²) in [7, 11) is 0. The molecule has 80 valence electrons. The lowest BCUT2D eigenvalue weighted by Gasteiger charge is -1.89. The van der Waals surface area contributed by atoms with Crippen LogP contribution in [-0.2, 0) is 5.75 Å². The summed E-state index contributed by atoms with van der Waals surface area (Å²) in [5, 5.41) is 4.48. The van der Waals surface area contributed by atoms with E-state index in [1.165, 1.54) is 11.8 Å². The molecule has 3 rings (SSSR count). The maximum atomic E-state index is 5.56. The highest BCUT2D eigenvalue weighted by Crippen LogP contribution is 2.25. The van der Waals surface area contributed by atoms with Gasteiger partial charge in [-0.2, -0.15) is 0 Å². The first-order valence-electron chi connectivity index (χ1n) is 4.79. The Morgan fingerprint density at radius 2 is 2.12 bits per heavy atom. The summed E-state index contributed by atoms with van der Waals surface area (Å²) in [4.78, 5) is 4.35. The molecule has 0 unspecified atom stereocenters. The van der Waals surface area contributed by atoms with E-state index in [0.29, 0.717) is 11.0 Å². The van der Waals surface area contributed by atoms with E-state index in [0.717, 1.165) is 16.8 Å². The molecular formula is C11H8N2O2S. The number of oxazole rings is 1. The molecule has 2 heterocycles. The van der Waals surface area contributed by atoms with Crippen LogP contribution in [-0.4, -0.2) is 10.1 Å². The van der Waals surface area contributed by atoms with Crippen LogP contribution in [0.1, 0.15) is 5.69 Å². The Morgan fingerprint density at radius 1 is 1.19 bits per heavy atom. The largest absolute Gasteiger partial charge is 0.431 e. The Labute approximate surface area is 95.6 Å². The monoisotopic (exact) mass is 232 g/mol. The SMILES string of the molecule is c1ccc2oc(SCc3ccon3)nc2c1. The van der Waals surface area contributed by atoms with Crippen molar-refractivity contribution in [2.75, 3.05) is 0 Å². The summed E-state index contributed by atoms with van der Waals surface area (Å²) < 4.78 is 10.3. The molecule has 0 N–H and O–H groups in total. The van der Waals surface area contributed by atoms with Crippen molar-refractivity contribution in [3.63, 3.8) is 0 Å². The van der Waals surface area contributed by atoms with Crippen LogP contribution in [0, 0.1) is 0 Å². The van der Waals surface area contributed by atoms with Crippen molar-refractivity contribution < 1.29 is 8.94 Å². The number of benzene rings is 1. The van der Waals surface area contributed by atoms with Crippen LogP contribution in [0.4, 0.5) is 0 Å². The van der Waals surface area contributed by atoms with E-state index in [1.54, 1.807) is 6.26 Å². The van der Waals surface area contributed by atoms with Gasteiger partial charge in [-0.25, -0.2) is 4.98 Å². The van der Waals surface area contributed by atoms with Gasteiger partial charge in [-0.1, -0.05) is 29.1 Å². The number of fused-ring (bicyclic) bond motifs is 1. The summed E-state index contributed by atoms with van der Waals surface area (Å²) in [5.41, 5.74) is 2.57. The van der Waals surface area contributed by atoms with Crippen LogP contribution in [0.25, 0.3) is 11.1 Å². The standard InChI is InChI=1S/C11H8N2O2S/c1-2-4-10-9(3-1)12-11(15-10)16-7-8-5-6-14-13-8/h1-6H,7H2. The van der Waals surface area contributed by atoms with Crippen molar-refractivity contribution in [1.29, 1.82) is 0 Å². The molecule has 0 aliphatic heterocycles. The minimum atomic E-state index is 0.657. The fraction of sp³-hybridized carbons (Fsp3) is 0.0909. The normalized spacial score (nSPS) is 11.0. The minimum absolute atomic E-state index is 0.657. The number of thioether (sulfide) groups is 1. The minimum Gasteiger partial charge on any atom is -0.431 e. The van der Waals surface area contributed by atoms with Gasteiger partial charge in [0.05, 0.1) is 5.69 Å². The van der Waals surface area contributed by atoms with Crippen LogP contribution in [0.2, 0.25) is 0 Å². The molecule has 4 nitrogen and oxygen atoms in total. The number of para-hydroxylation sites is 2. The lowest BCUT2D eigenvalue weighted by Crippen LogP contribution is -1.78. The van der Waals surface area contributed by atoms with Crippen LogP contribution >= 0.6 is 11.8 Å². The summed E-state index contributed by atoms with van der Waals surface area (Å²) in [6, 6.07) is 9.54. The predicted octanol–water partition coefficient (Wildman–Crippen LogP) is 3.11. The number of nitrogens with zero attached hydrogens (tertiary/aromatic N) is 2. The predicted molar refractivity (Wildman–Crippen MR) is 60.1 cm³/mol. The van der Waals surface area contributed by atoms with Crippen LogP contribution in [0.5, 0.6) is 0 Å². The molecule has 0 amide bonds. The van der Waals surface area contributed by atoms with E-state index >= 15 is 0 Å². The molecule has 0 spiro atoms. The van der Waals surface area contributed by atoms with Gasteiger partial charge < -0.3 is 8.94 Å². The zero-order valence-corrected chi connectivity index (χ0v) is 9.11. The summed E-state index contributed by atoms with van der Waals surface area (Å²) in [6.07, 6.45) is 1.56. The molecule has 0 fully saturated rings. The van der Waals surface area contributed by atoms with E-state index in [1.807, 2.05) is 30.3 Å². The highest BCUT2D eigenvalue weighted by atomic mass is 32.2. The molecule has 0 bridgehead atoms. The van der Waals surface area contributed by atoms with Gasteiger partial charge in [0.2, 0.25) is 0 Å². The smallest absolute Gasteiger partial charge is 0.257 e. The van der Waals surface area contributed by atoms with Crippen molar-refractivity contribution in [2.45, 2.75) is 11.0 Å². The number of hydrogen-bond acceptors (Lipinski definition) is 5. The van der Waals surface area contributed by atoms with E-state index in [9.17, 15) is 0 Å². The molecule has 16 heavy (non-hydrogen) atoms. The van der Waals surface area contributed by atoms with Crippen molar-refractivity contribution in [3.05, 3.63) is 42.3 Å². The van der Waals surface area contributed by atoms with Gasteiger partial charge in [-0.3, -0.25) is 0 Å². The third-order valence-electron chi connectivity index (χ3n) is 2.11. The first-order chi connectivity index (χ1) is 7.92. The molecule has 0 aliphatic rings. The first-order valence-corrected chi connectivity index (χ1v) is 5.78. The van der Waals surface area contributed by atoms with Gasteiger partial charge in [0.15, 0.2) is 5.58 Å². The lowest BCUT2D eigenvalue weighted by molar-refractivity contribution is 0.414. The molecule has 0 atom stereocenters. The molecule has 0 aliphatic carbocycles. The third-order valence-corrected chi connectivity index (χ3v) is 2.97. The van der Waals surface area contributed by atoms with E-state index in [2.05, 4.69) is 10.1 Å². The Balaban J connectivity index is 1.79. The van der Waals surface area contributed by atoms with E-state index in [4.69, 9.17) is 8.94 Å². The molecule has 5 heteroatoms. The Morgan fingerprint density at radius 3 is 2.94 bits per heavy atom. The van der Waals surface area contributed by atoms with Gasteiger partial charge in [-0.05, 0) is 12.1 Å². The highest BCUT2D eigenvalue weighted by molar-refractivity contribution is 7.98. The zero-order valence-electron chi connectivity index (χ0n) is 8.29. The van der Waals surface area contributed by atoms with Crippen LogP contribution < -0.4 is 0 Å². The maximum absolute atomic E-state index is 5.56. The number of aromatic nitrogens is 2. The fourth-order valence-corrected chi connectivity index (χ4v) is 2.09. The van der Waals surface area contributed by atoms with Gasteiger partial charge in [0.1, 0.15) is 11.8 Å². The molecular weight excluding hydrogens is 224 g/mol. The lowest BCUT2D eigenvalue weighted by atomic mass is 10.3. The fourth-order valence-electron chi connectivity index (χ4n) is 1.36. The Hall–Kier alpha value is -1.75. The van der Waals surface area contributed by atoms with Crippen LogP contribution in [0.3, 0.4) is 0 Å². The van der Waals surface area contributed by atoms with E-state index in [-0.39, 0.29) is 0 Å². The molecule has 0 radical (unpaired) electrons. The topological polar surface area (TPSA) is 52.1 Å². The van der Waals surface area contributed by atoms with Crippen molar-refractivity contribution in [2.24, 2.45) is 0 Å². The maximum Gasteiger partial charge on any atom is 0.257 e. The number of rotatable bonds is 3. The highest BCUT2D eigenvalue weighted by Gasteiger charge is 2.06. The molecule has 0 saturated heterocycles. The van der Waals surface area contributed by atoms with Crippen molar-refractivity contribution >= 4 is 22.9 Å². The Bertz CT molecular complexity index is 556. The van der Waals surface area contributed by atoms with Crippen molar-refractivity contribution in [1.82, 2.24) is 10.1 Å². The summed E-state index contributed by atoms with van der Waals surface area (Å²) >= 11 is 1.50. The average molecular weight is 232 g/mol. The number of hydrogen-bond donors (Lipinski definition) is 0. The second-order valence-electron chi connectivity index (χ2n) is 3.23. The zero-order chi connectivity index (χ0) is 10.8. The summed E-state index contributed by atoms with van der Waals surface area (Å²) in [6.45, 7) is 0. The molecule has 3 aromatic rings. The summed E-state index contributed by atoms with van der Waals surface area (Å²) in [5.74, 6) is 0.698. The molecule has 2 aromatic heterocycles. The van der Waals surface area contributed by atoms with Crippen molar-refractivity contribution in [3.8, 4) is 0 Å². The first kappa shape index (κ1) is 9.47. The van der Waals surface area contributed by atoms with Gasteiger partial charge in [-0.15, -0.1) is 0 Å². The third kappa shape index (κ3) is 1.81. The van der Waals surface area contributed by atoms with Gasteiger partial charge >= 0.3 is 0 Å². The average Bonchev–Trinajstić information content (AvgIpc) is 2.95. The molecule has 0 saturated carbocycles. The van der Waals surface area contributed by atoms with Gasteiger partial charge in [0, 0.05) is 11.8 Å². The quantitative estimate of drug-likeness (QED) is 0.649. The van der Waals surface area contributed by atoms with E-state index < -0.39 is 0 Å². The Kier molecular flexibility index (Phi) is 2.38. The second-order valence-corrected chi connectivity index (χ2v) is 4.15. The second kappa shape index (κ2) is 4.02. The molecule has 1 aromatic carbocycles. The van der Waals surface area contributed by atoms with Gasteiger partial charge in [0.25, 0.3) is 5.22 Å².